The van der Waals surface area contributed by atoms with Gasteiger partial charge >= 0.3 is 0 Å². The van der Waals surface area contributed by atoms with E-state index >= 15 is 0 Å². The molecule has 8 heteroatoms. The first kappa shape index (κ1) is 17.5. The molecular formula is C19H18ClN5O2. The number of carbonyl (C=O) groups is 1. The van der Waals surface area contributed by atoms with E-state index in [2.05, 4.69) is 15.0 Å². The number of hydrogen-bond donors (Lipinski definition) is 1. The van der Waals surface area contributed by atoms with Gasteiger partial charge in [0.05, 0.1) is 11.1 Å². The number of pyridine rings is 1. The van der Waals surface area contributed by atoms with Gasteiger partial charge in [-0.2, -0.15) is 0 Å². The Kier molecular flexibility index (Phi) is 4.53. The Morgan fingerprint density at radius 1 is 1.19 bits per heavy atom. The number of aryl methyl sites for hydroxylation is 1. The highest BCUT2D eigenvalue weighted by Crippen LogP contribution is 2.24. The number of aromatic amines is 1. The fourth-order valence-corrected chi connectivity index (χ4v) is 3.54. The van der Waals surface area contributed by atoms with Crippen molar-refractivity contribution in [3.8, 4) is 0 Å². The predicted octanol–water partition coefficient (Wildman–Crippen LogP) is 2.24. The van der Waals surface area contributed by atoms with Crippen molar-refractivity contribution < 1.29 is 4.79 Å². The third kappa shape index (κ3) is 3.38. The van der Waals surface area contributed by atoms with E-state index in [1.165, 1.54) is 6.20 Å². The number of carbonyl (C=O) groups excluding carboxylic acids is 1. The summed E-state index contributed by atoms with van der Waals surface area (Å²) in [4.78, 5) is 40.0. The maximum absolute atomic E-state index is 13.1. The maximum Gasteiger partial charge on any atom is 0.290 e. The van der Waals surface area contributed by atoms with Crippen LogP contribution in [0.4, 0.5) is 5.82 Å². The summed E-state index contributed by atoms with van der Waals surface area (Å²) in [6.07, 6.45) is 3.07. The SMILES string of the molecule is Cc1cc(C(=O)N2CCN(c3ncc[nH]c3=O)CC2)c2cc(Cl)ccc2n1. The number of benzene rings is 1. The molecule has 1 aliphatic rings. The number of piperazine rings is 1. The van der Waals surface area contributed by atoms with E-state index in [9.17, 15) is 9.59 Å². The number of rotatable bonds is 2. The fourth-order valence-electron chi connectivity index (χ4n) is 3.37. The summed E-state index contributed by atoms with van der Waals surface area (Å²) in [5.74, 6) is 0.337. The molecule has 3 heterocycles. The number of fused-ring (bicyclic) bond motifs is 1. The molecule has 1 fully saturated rings. The van der Waals surface area contributed by atoms with Crippen molar-refractivity contribution >= 4 is 34.2 Å². The van der Waals surface area contributed by atoms with Crippen LogP contribution in [-0.2, 0) is 0 Å². The van der Waals surface area contributed by atoms with E-state index < -0.39 is 0 Å². The van der Waals surface area contributed by atoms with Gasteiger partial charge in [-0.3, -0.25) is 14.6 Å². The van der Waals surface area contributed by atoms with Crippen LogP contribution in [0.25, 0.3) is 10.9 Å². The highest BCUT2D eigenvalue weighted by Gasteiger charge is 2.25. The molecule has 0 radical (unpaired) electrons. The van der Waals surface area contributed by atoms with Crippen molar-refractivity contribution in [2.45, 2.75) is 6.92 Å². The Morgan fingerprint density at radius 3 is 2.70 bits per heavy atom. The molecule has 0 atom stereocenters. The van der Waals surface area contributed by atoms with Gasteiger partial charge in [0.25, 0.3) is 11.5 Å². The number of H-pyrrole nitrogens is 1. The van der Waals surface area contributed by atoms with Crippen LogP contribution in [0.5, 0.6) is 0 Å². The van der Waals surface area contributed by atoms with Gasteiger partial charge in [-0.15, -0.1) is 0 Å². The van der Waals surface area contributed by atoms with Crippen LogP contribution in [0, 0.1) is 6.92 Å². The number of halogens is 1. The van der Waals surface area contributed by atoms with E-state index in [-0.39, 0.29) is 11.5 Å². The molecule has 4 rings (SSSR count). The zero-order valence-electron chi connectivity index (χ0n) is 14.8. The van der Waals surface area contributed by atoms with Crippen molar-refractivity contribution in [3.05, 3.63) is 63.3 Å². The highest BCUT2D eigenvalue weighted by molar-refractivity contribution is 6.31. The van der Waals surface area contributed by atoms with Gasteiger partial charge in [-0.1, -0.05) is 11.6 Å². The van der Waals surface area contributed by atoms with Gasteiger partial charge < -0.3 is 14.8 Å². The summed E-state index contributed by atoms with van der Waals surface area (Å²) in [5.41, 5.74) is 1.92. The topological polar surface area (TPSA) is 82.2 Å². The average molecular weight is 384 g/mol. The molecule has 27 heavy (non-hydrogen) atoms. The Morgan fingerprint density at radius 2 is 1.96 bits per heavy atom. The summed E-state index contributed by atoms with van der Waals surface area (Å²) in [7, 11) is 0. The minimum atomic E-state index is -0.220. The first-order chi connectivity index (χ1) is 13.0. The van der Waals surface area contributed by atoms with Crippen molar-refractivity contribution in [3.63, 3.8) is 0 Å². The normalized spacial score (nSPS) is 14.6. The summed E-state index contributed by atoms with van der Waals surface area (Å²) < 4.78 is 0. The summed E-state index contributed by atoms with van der Waals surface area (Å²) in [6.45, 7) is 4.00. The van der Waals surface area contributed by atoms with E-state index in [4.69, 9.17) is 11.6 Å². The minimum Gasteiger partial charge on any atom is -0.348 e. The molecule has 1 saturated heterocycles. The van der Waals surface area contributed by atoms with E-state index in [0.717, 1.165) is 16.6 Å². The van der Waals surface area contributed by atoms with Crippen molar-refractivity contribution in [2.24, 2.45) is 0 Å². The third-order valence-corrected chi connectivity index (χ3v) is 4.92. The molecule has 138 valence electrons. The standard InChI is InChI=1S/C19H18ClN5O2/c1-12-10-15(14-11-13(20)2-3-16(14)23-12)19(27)25-8-6-24(7-9-25)17-18(26)22-5-4-21-17/h2-5,10-11H,6-9H2,1H3,(H,22,26). The second kappa shape index (κ2) is 7.00. The number of hydrogen-bond acceptors (Lipinski definition) is 5. The zero-order chi connectivity index (χ0) is 19.0. The Hall–Kier alpha value is -2.93. The van der Waals surface area contributed by atoms with Crippen LogP contribution < -0.4 is 10.5 Å². The highest BCUT2D eigenvalue weighted by atomic mass is 35.5. The molecule has 1 amide bonds. The minimum absolute atomic E-state index is 0.0534. The molecule has 0 bridgehead atoms. The lowest BCUT2D eigenvalue weighted by Gasteiger charge is -2.35. The van der Waals surface area contributed by atoms with Crippen LogP contribution in [0.1, 0.15) is 16.1 Å². The molecule has 7 nitrogen and oxygen atoms in total. The predicted molar refractivity (Wildman–Crippen MR) is 104 cm³/mol. The van der Waals surface area contributed by atoms with Crippen LogP contribution in [0.2, 0.25) is 5.02 Å². The smallest absolute Gasteiger partial charge is 0.290 e. The van der Waals surface area contributed by atoms with Gasteiger partial charge in [-0.25, -0.2) is 4.98 Å². The first-order valence-corrected chi connectivity index (χ1v) is 9.05. The second-order valence-corrected chi connectivity index (χ2v) is 6.93. The molecule has 3 aromatic rings. The summed E-state index contributed by atoms with van der Waals surface area (Å²) in [6, 6.07) is 7.18. The van der Waals surface area contributed by atoms with Gasteiger partial charge in [0.15, 0.2) is 5.82 Å². The third-order valence-electron chi connectivity index (χ3n) is 4.68. The number of nitrogens with one attached hydrogen (secondary N) is 1. The summed E-state index contributed by atoms with van der Waals surface area (Å²) >= 11 is 6.12. The zero-order valence-corrected chi connectivity index (χ0v) is 15.5. The Balaban J connectivity index is 1.58. The monoisotopic (exact) mass is 383 g/mol. The molecule has 1 aromatic carbocycles. The van der Waals surface area contributed by atoms with Crippen LogP contribution in [0.3, 0.4) is 0 Å². The van der Waals surface area contributed by atoms with Crippen molar-refractivity contribution in [2.75, 3.05) is 31.1 Å². The molecule has 0 unspecified atom stereocenters. The number of aromatic nitrogens is 3. The lowest BCUT2D eigenvalue weighted by Crippen LogP contribution is -2.50. The van der Waals surface area contributed by atoms with Crippen molar-refractivity contribution in [1.82, 2.24) is 19.9 Å². The van der Waals surface area contributed by atoms with Gasteiger partial charge in [0.2, 0.25) is 0 Å². The first-order valence-electron chi connectivity index (χ1n) is 8.68. The Bertz CT molecular complexity index is 1070. The molecule has 0 saturated carbocycles. The van der Waals surface area contributed by atoms with Crippen LogP contribution in [-0.4, -0.2) is 51.9 Å². The molecule has 1 aliphatic heterocycles. The van der Waals surface area contributed by atoms with Gasteiger partial charge in [0, 0.05) is 54.7 Å². The number of nitrogens with zero attached hydrogens (tertiary/aromatic N) is 4. The number of anilines is 1. The van der Waals surface area contributed by atoms with E-state index in [0.29, 0.717) is 42.6 Å². The lowest BCUT2D eigenvalue weighted by molar-refractivity contribution is 0.0748. The largest absolute Gasteiger partial charge is 0.348 e. The molecular weight excluding hydrogens is 366 g/mol. The van der Waals surface area contributed by atoms with Crippen LogP contribution in [0.15, 0.2) is 41.5 Å². The lowest BCUT2D eigenvalue weighted by atomic mass is 10.1. The molecule has 0 spiro atoms. The van der Waals surface area contributed by atoms with E-state index in [1.54, 1.807) is 29.3 Å². The van der Waals surface area contributed by atoms with E-state index in [1.807, 2.05) is 17.9 Å². The summed E-state index contributed by atoms with van der Waals surface area (Å²) in [5, 5.41) is 1.32. The fraction of sp³-hybridized carbons (Fsp3) is 0.263. The van der Waals surface area contributed by atoms with Crippen molar-refractivity contribution in [1.29, 1.82) is 0 Å². The van der Waals surface area contributed by atoms with Gasteiger partial charge in [-0.05, 0) is 31.2 Å². The molecule has 1 N–H and O–H groups in total. The molecule has 0 aliphatic carbocycles. The van der Waals surface area contributed by atoms with Gasteiger partial charge in [0.1, 0.15) is 0 Å². The van der Waals surface area contributed by atoms with Crippen LogP contribution >= 0.6 is 11.6 Å². The Labute approximate surface area is 160 Å². The quantitative estimate of drug-likeness (QED) is 0.733. The average Bonchev–Trinajstić information content (AvgIpc) is 2.68. The maximum atomic E-state index is 13.1. The number of amides is 1. The second-order valence-electron chi connectivity index (χ2n) is 6.49. The molecule has 2 aromatic heterocycles.